The molecule has 9 heteroatoms. The van der Waals surface area contributed by atoms with Crippen molar-refractivity contribution in [3.05, 3.63) is 57.6 Å². The molecule has 0 saturated heterocycles. The summed E-state index contributed by atoms with van der Waals surface area (Å²) >= 11 is 5.85. The number of hydrogen-bond acceptors (Lipinski definition) is 5. The molecule has 0 aliphatic heterocycles. The molecule has 8 nitrogen and oxygen atoms in total. The Kier molecular flexibility index (Phi) is 6.36. The lowest BCUT2D eigenvalue weighted by Gasteiger charge is -2.14. The van der Waals surface area contributed by atoms with Crippen molar-refractivity contribution in [2.75, 3.05) is 33.1 Å². The fraction of sp³-hybridized carbons (Fsp3) is 0.250. The van der Waals surface area contributed by atoms with Crippen molar-refractivity contribution in [1.29, 1.82) is 0 Å². The van der Waals surface area contributed by atoms with Gasteiger partial charge < -0.3 is 24.7 Å². The molecule has 2 aromatic carbocycles. The predicted octanol–water partition coefficient (Wildman–Crippen LogP) is 1.25. The van der Waals surface area contributed by atoms with Crippen molar-refractivity contribution in [3.63, 3.8) is 0 Å². The highest BCUT2D eigenvalue weighted by Gasteiger charge is 2.15. The molecular formula is C20H22ClN4O4+. The summed E-state index contributed by atoms with van der Waals surface area (Å²) in [5, 5.41) is 3.82. The maximum Gasteiger partial charge on any atom is 0.279 e. The van der Waals surface area contributed by atoms with Gasteiger partial charge in [-0.1, -0.05) is 11.6 Å². The summed E-state index contributed by atoms with van der Waals surface area (Å²) in [6.45, 7) is 0.573. The number of aromatic amines is 1. The summed E-state index contributed by atoms with van der Waals surface area (Å²) in [7, 11) is 4.88. The number of methoxy groups -OCH3 is 2. The second-order valence-electron chi connectivity index (χ2n) is 6.60. The number of rotatable bonds is 7. The molecule has 3 N–H and O–H groups in total. The standard InChI is InChI=1S/C20H21ClN4O4/c1-25(11-19(26)22-13-6-4-12(21)5-7-13)10-18-23-15-9-17(29-3)16(28-2)8-14(15)20(27)24-18/h4-9H,10-11H2,1-3H3,(H,22,26)(H,23,24,27)/p+1. The van der Waals surface area contributed by atoms with Crippen molar-refractivity contribution in [3.8, 4) is 11.5 Å². The Morgan fingerprint density at radius 3 is 2.48 bits per heavy atom. The Bertz CT molecular complexity index is 1080. The number of anilines is 1. The van der Waals surface area contributed by atoms with Crippen LogP contribution in [0.3, 0.4) is 0 Å². The van der Waals surface area contributed by atoms with Gasteiger partial charge in [-0.25, -0.2) is 4.98 Å². The molecule has 0 spiro atoms. The SMILES string of the molecule is COc1cc2nc(C[NH+](C)CC(=O)Nc3ccc(Cl)cc3)[nH]c(=O)c2cc1OC. The number of halogens is 1. The summed E-state index contributed by atoms with van der Waals surface area (Å²) in [5.41, 5.74) is 0.898. The Labute approximate surface area is 172 Å². The molecule has 29 heavy (non-hydrogen) atoms. The minimum absolute atomic E-state index is 0.153. The van der Waals surface area contributed by atoms with Gasteiger partial charge in [-0.05, 0) is 30.3 Å². The zero-order valence-electron chi connectivity index (χ0n) is 16.3. The summed E-state index contributed by atoms with van der Waals surface area (Å²) in [6.07, 6.45) is 0. The van der Waals surface area contributed by atoms with Gasteiger partial charge in [0.05, 0.1) is 32.2 Å². The van der Waals surface area contributed by atoms with Crippen LogP contribution in [0.15, 0.2) is 41.2 Å². The van der Waals surface area contributed by atoms with E-state index in [4.69, 9.17) is 21.1 Å². The average Bonchev–Trinajstić information content (AvgIpc) is 2.68. The molecule has 1 atom stereocenters. The summed E-state index contributed by atoms with van der Waals surface area (Å²) in [4.78, 5) is 32.8. The molecule has 0 aliphatic rings. The molecule has 0 radical (unpaired) electrons. The lowest BCUT2D eigenvalue weighted by Crippen LogP contribution is -3.08. The highest BCUT2D eigenvalue weighted by atomic mass is 35.5. The van der Waals surface area contributed by atoms with Gasteiger partial charge in [-0.3, -0.25) is 9.59 Å². The number of nitrogens with one attached hydrogen (secondary N) is 3. The topological polar surface area (TPSA) is 97.8 Å². The number of quaternary nitrogens is 1. The monoisotopic (exact) mass is 417 g/mol. The van der Waals surface area contributed by atoms with Crippen LogP contribution in [0.4, 0.5) is 5.69 Å². The van der Waals surface area contributed by atoms with Crippen LogP contribution in [0.5, 0.6) is 11.5 Å². The first-order valence-corrected chi connectivity index (χ1v) is 9.29. The Morgan fingerprint density at radius 2 is 1.83 bits per heavy atom. The third-order valence-corrected chi connectivity index (χ3v) is 4.57. The van der Waals surface area contributed by atoms with Crippen molar-refractivity contribution >= 4 is 34.1 Å². The smallest absolute Gasteiger partial charge is 0.279 e. The van der Waals surface area contributed by atoms with Crippen LogP contribution in [0, 0.1) is 0 Å². The lowest BCUT2D eigenvalue weighted by molar-refractivity contribution is -0.885. The normalized spacial score (nSPS) is 11.9. The first-order chi connectivity index (χ1) is 13.9. The molecule has 0 fully saturated rings. The average molecular weight is 418 g/mol. The maximum absolute atomic E-state index is 12.4. The predicted molar refractivity (Wildman–Crippen MR) is 111 cm³/mol. The van der Waals surface area contributed by atoms with Gasteiger partial charge in [-0.15, -0.1) is 0 Å². The van der Waals surface area contributed by atoms with Crippen molar-refractivity contribution in [2.45, 2.75) is 6.54 Å². The zero-order chi connectivity index (χ0) is 21.0. The molecule has 0 bridgehead atoms. The van der Waals surface area contributed by atoms with E-state index in [1.165, 1.54) is 14.2 Å². The van der Waals surface area contributed by atoms with Gasteiger partial charge in [0, 0.05) is 16.8 Å². The van der Waals surface area contributed by atoms with E-state index in [0.29, 0.717) is 45.5 Å². The fourth-order valence-corrected chi connectivity index (χ4v) is 3.08. The lowest BCUT2D eigenvalue weighted by atomic mass is 10.2. The van der Waals surface area contributed by atoms with Crippen LogP contribution < -0.4 is 25.2 Å². The van der Waals surface area contributed by atoms with E-state index >= 15 is 0 Å². The molecule has 1 amide bonds. The van der Waals surface area contributed by atoms with E-state index in [1.807, 2.05) is 7.05 Å². The molecular weight excluding hydrogens is 396 g/mol. The van der Waals surface area contributed by atoms with Crippen molar-refractivity contribution in [1.82, 2.24) is 9.97 Å². The van der Waals surface area contributed by atoms with E-state index in [1.54, 1.807) is 36.4 Å². The van der Waals surface area contributed by atoms with E-state index in [-0.39, 0.29) is 18.0 Å². The van der Waals surface area contributed by atoms with Crippen LogP contribution in [-0.4, -0.2) is 43.7 Å². The Hall–Kier alpha value is -3.10. The van der Waals surface area contributed by atoms with Gasteiger partial charge in [0.15, 0.2) is 23.9 Å². The minimum Gasteiger partial charge on any atom is -0.493 e. The van der Waals surface area contributed by atoms with Crippen LogP contribution in [0.2, 0.25) is 5.02 Å². The molecule has 1 heterocycles. The minimum atomic E-state index is -0.274. The van der Waals surface area contributed by atoms with Crippen LogP contribution in [0.25, 0.3) is 10.9 Å². The van der Waals surface area contributed by atoms with Gasteiger partial charge in [0.1, 0.15) is 6.54 Å². The van der Waals surface area contributed by atoms with E-state index in [0.717, 1.165) is 4.90 Å². The van der Waals surface area contributed by atoms with Gasteiger partial charge in [0.2, 0.25) is 0 Å². The number of hydrogen-bond donors (Lipinski definition) is 3. The number of aromatic nitrogens is 2. The Balaban J connectivity index is 1.72. The summed E-state index contributed by atoms with van der Waals surface area (Å²) in [5.74, 6) is 1.28. The van der Waals surface area contributed by atoms with Gasteiger partial charge in [-0.2, -0.15) is 0 Å². The van der Waals surface area contributed by atoms with Crippen molar-refractivity contribution < 1.29 is 19.2 Å². The third kappa shape index (κ3) is 5.04. The van der Waals surface area contributed by atoms with E-state index in [9.17, 15) is 9.59 Å². The fourth-order valence-electron chi connectivity index (χ4n) is 2.96. The van der Waals surface area contributed by atoms with E-state index in [2.05, 4.69) is 15.3 Å². The van der Waals surface area contributed by atoms with Gasteiger partial charge in [0.25, 0.3) is 11.5 Å². The number of carbonyl (C=O) groups is 1. The summed E-state index contributed by atoms with van der Waals surface area (Å²) < 4.78 is 10.5. The van der Waals surface area contributed by atoms with Crippen LogP contribution in [-0.2, 0) is 11.3 Å². The number of likely N-dealkylation sites (N-methyl/N-ethyl adjacent to an activating group) is 1. The van der Waals surface area contributed by atoms with Crippen LogP contribution in [0.1, 0.15) is 5.82 Å². The number of H-pyrrole nitrogens is 1. The largest absolute Gasteiger partial charge is 0.493 e. The van der Waals surface area contributed by atoms with Crippen LogP contribution >= 0.6 is 11.6 Å². The van der Waals surface area contributed by atoms with Gasteiger partial charge >= 0.3 is 0 Å². The number of nitrogens with zero attached hydrogens (tertiary/aromatic N) is 1. The molecule has 0 saturated carbocycles. The Morgan fingerprint density at radius 1 is 1.17 bits per heavy atom. The highest BCUT2D eigenvalue weighted by molar-refractivity contribution is 6.30. The molecule has 152 valence electrons. The highest BCUT2D eigenvalue weighted by Crippen LogP contribution is 2.29. The molecule has 1 aromatic heterocycles. The third-order valence-electron chi connectivity index (χ3n) is 4.32. The molecule has 3 rings (SSSR count). The second-order valence-corrected chi connectivity index (χ2v) is 7.04. The molecule has 0 aliphatic carbocycles. The number of benzene rings is 2. The molecule has 1 unspecified atom stereocenters. The summed E-state index contributed by atoms with van der Waals surface area (Å²) in [6, 6.07) is 10.1. The number of ether oxygens (including phenoxy) is 2. The van der Waals surface area contributed by atoms with E-state index < -0.39 is 0 Å². The maximum atomic E-state index is 12.4. The zero-order valence-corrected chi connectivity index (χ0v) is 17.1. The first-order valence-electron chi connectivity index (χ1n) is 8.91. The number of amides is 1. The number of fused-ring (bicyclic) bond motifs is 1. The quantitative estimate of drug-likeness (QED) is 0.537. The number of carbonyl (C=O) groups excluding carboxylic acids is 1. The molecule has 3 aromatic rings. The second kappa shape index (κ2) is 8.93. The first kappa shape index (κ1) is 20.6. The van der Waals surface area contributed by atoms with Crippen molar-refractivity contribution in [2.24, 2.45) is 0 Å².